The summed E-state index contributed by atoms with van der Waals surface area (Å²) in [7, 11) is 2.73. The van der Waals surface area contributed by atoms with Crippen LogP contribution in [0.2, 0.25) is 0 Å². The van der Waals surface area contributed by atoms with Gasteiger partial charge >= 0.3 is 5.97 Å². The first kappa shape index (κ1) is 14.4. The van der Waals surface area contributed by atoms with Gasteiger partial charge < -0.3 is 14.8 Å². The zero-order valence-corrected chi connectivity index (χ0v) is 11.4. The minimum atomic E-state index is -0.610. The van der Waals surface area contributed by atoms with Crippen molar-refractivity contribution in [2.24, 2.45) is 0 Å². The van der Waals surface area contributed by atoms with Gasteiger partial charge in [-0.2, -0.15) is 4.68 Å². The van der Waals surface area contributed by atoms with Crippen molar-refractivity contribution >= 4 is 17.6 Å². The van der Waals surface area contributed by atoms with E-state index in [4.69, 9.17) is 4.74 Å². The molecule has 1 aromatic carbocycles. The molecule has 9 nitrogen and oxygen atoms in total. The standard InChI is InChI=1S/C12H13N5O4/c1-20-10-4-3-8(14-11(18)6-12(19)21-2)5-9(10)17-7-13-15-16-17/h3-5,7H,6H2,1-2H3,(H,14,18). The Hall–Kier alpha value is -2.97. The van der Waals surface area contributed by atoms with Gasteiger partial charge in [0.1, 0.15) is 24.2 Å². The molecule has 0 radical (unpaired) electrons. The van der Waals surface area contributed by atoms with Gasteiger partial charge in [0, 0.05) is 5.69 Å². The average Bonchev–Trinajstić information content (AvgIpc) is 3.01. The largest absolute Gasteiger partial charge is 0.494 e. The van der Waals surface area contributed by atoms with Gasteiger partial charge in [0.25, 0.3) is 0 Å². The summed E-state index contributed by atoms with van der Waals surface area (Å²) in [5.74, 6) is -0.551. The molecule has 1 amide bonds. The Balaban J connectivity index is 2.20. The van der Waals surface area contributed by atoms with Crippen molar-refractivity contribution in [2.45, 2.75) is 6.42 Å². The van der Waals surface area contributed by atoms with Crippen molar-refractivity contribution in [1.82, 2.24) is 20.2 Å². The molecule has 0 aliphatic carbocycles. The summed E-state index contributed by atoms with van der Waals surface area (Å²) in [6.45, 7) is 0. The molecule has 0 aliphatic heterocycles. The van der Waals surface area contributed by atoms with Gasteiger partial charge in [0.2, 0.25) is 5.91 Å². The Morgan fingerprint density at radius 2 is 2.14 bits per heavy atom. The molecule has 2 rings (SSSR count). The SMILES string of the molecule is COC(=O)CC(=O)Nc1ccc(OC)c(-n2cnnn2)c1. The fourth-order valence-electron chi connectivity index (χ4n) is 1.63. The number of amides is 1. The number of hydrogen-bond donors (Lipinski definition) is 1. The van der Waals surface area contributed by atoms with Crippen LogP contribution in [0.3, 0.4) is 0 Å². The van der Waals surface area contributed by atoms with Crippen molar-refractivity contribution in [3.63, 3.8) is 0 Å². The molecule has 1 N–H and O–H groups in total. The molecule has 0 fully saturated rings. The summed E-state index contributed by atoms with van der Waals surface area (Å²) in [5.41, 5.74) is 1.04. The van der Waals surface area contributed by atoms with Crippen LogP contribution in [0.4, 0.5) is 5.69 Å². The lowest BCUT2D eigenvalue weighted by Gasteiger charge is -2.10. The molecule has 21 heavy (non-hydrogen) atoms. The van der Waals surface area contributed by atoms with E-state index >= 15 is 0 Å². The summed E-state index contributed by atoms with van der Waals surface area (Å²) in [4.78, 5) is 22.7. The first-order valence-corrected chi connectivity index (χ1v) is 5.92. The number of aromatic nitrogens is 4. The minimum Gasteiger partial charge on any atom is -0.494 e. The second-order valence-electron chi connectivity index (χ2n) is 3.94. The average molecular weight is 291 g/mol. The molecule has 0 saturated heterocycles. The van der Waals surface area contributed by atoms with E-state index in [2.05, 4.69) is 25.6 Å². The third kappa shape index (κ3) is 3.53. The Labute approximate surface area is 119 Å². The van der Waals surface area contributed by atoms with Crippen molar-refractivity contribution in [3.05, 3.63) is 24.5 Å². The molecule has 110 valence electrons. The number of carbonyl (C=O) groups is 2. The fourth-order valence-corrected chi connectivity index (χ4v) is 1.63. The molecule has 0 aliphatic rings. The van der Waals surface area contributed by atoms with Gasteiger partial charge in [-0.1, -0.05) is 0 Å². The lowest BCUT2D eigenvalue weighted by atomic mass is 10.2. The summed E-state index contributed by atoms with van der Waals surface area (Å²) in [6, 6.07) is 4.93. The van der Waals surface area contributed by atoms with Gasteiger partial charge in [0.05, 0.1) is 14.2 Å². The summed E-state index contributed by atoms with van der Waals surface area (Å²) in [6.07, 6.45) is 1.04. The van der Waals surface area contributed by atoms with Gasteiger partial charge in [-0.15, -0.1) is 5.10 Å². The number of rotatable bonds is 5. The molecule has 0 bridgehead atoms. The third-order valence-electron chi connectivity index (χ3n) is 2.59. The van der Waals surface area contributed by atoms with E-state index in [1.54, 1.807) is 18.2 Å². The van der Waals surface area contributed by atoms with Gasteiger partial charge in [-0.3, -0.25) is 9.59 Å². The minimum absolute atomic E-state index is 0.358. The van der Waals surface area contributed by atoms with Crippen molar-refractivity contribution in [3.8, 4) is 11.4 Å². The second-order valence-corrected chi connectivity index (χ2v) is 3.94. The highest BCUT2D eigenvalue weighted by Crippen LogP contribution is 2.25. The van der Waals surface area contributed by atoms with Crippen molar-refractivity contribution in [1.29, 1.82) is 0 Å². The molecule has 0 saturated carbocycles. The maximum Gasteiger partial charge on any atom is 0.315 e. The third-order valence-corrected chi connectivity index (χ3v) is 2.59. The van der Waals surface area contributed by atoms with Crippen LogP contribution in [-0.4, -0.2) is 46.3 Å². The zero-order valence-electron chi connectivity index (χ0n) is 11.4. The molecule has 1 aromatic heterocycles. The molecule has 1 heterocycles. The number of anilines is 1. The molecule has 0 atom stereocenters. The summed E-state index contributed by atoms with van der Waals surface area (Å²) in [5, 5.41) is 13.4. The predicted octanol–water partition coefficient (Wildman–Crippen LogP) is 0.172. The van der Waals surface area contributed by atoms with E-state index < -0.39 is 11.9 Å². The van der Waals surface area contributed by atoms with E-state index in [1.807, 2.05) is 0 Å². The van der Waals surface area contributed by atoms with Crippen molar-refractivity contribution in [2.75, 3.05) is 19.5 Å². The Bertz CT molecular complexity index is 641. The van der Waals surface area contributed by atoms with E-state index in [0.717, 1.165) is 0 Å². The molecular weight excluding hydrogens is 278 g/mol. The predicted molar refractivity (Wildman–Crippen MR) is 71.0 cm³/mol. The lowest BCUT2D eigenvalue weighted by molar-refractivity contribution is -0.142. The first-order valence-electron chi connectivity index (χ1n) is 5.92. The first-order chi connectivity index (χ1) is 10.1. The van der Waals surface area contributed by atoms with Crippen LogP contribution >= 0.6 is 0 Å². The number of ether oxygens (including phenoxy) is 2. The Kier molecular flexibility index (Phi) is 4.44. The number of benzene rings is 1. The Morgan fingerprint density at radius 3 is 2.76 bits per heavy atom. The van der Waals surface area contributed by atoms with E-state index in [1.165, 1.54) is 25.2 Å². The summed E-state index contributed by atoms with van der Waals surface area (Å²) < 4.78 is 11.0. The topological polar surface area (TPSA) is 108 Å². The molecule has 9 heteroatoms. The second kappa shape index (κ2) is 6.46. The van der Waals surface area contributed by atoms with E-state index in [0.29, 0.717) is 17.1 Å². The Morgan fingerprint density at radius 1 is 1.33 bits per heavy atom. The lowest BCUT2D eigenvalue weighted by Crippen LogP contribution is -2.17. The number of nitrogens with one attached hydrogen (secondary N) is 1. The smallest absolute Gasteiger partial charge is 0.315 e. The van der Waals surface area contributed by atoms with Crippen molar-refractivity contribution < 1.29 is 19.1 Å². The monoisotopic (exact) mass is 291 g/mol. The number of tetrazole rings is 1. The summed E-state index contributed by atoms with van der Waals surface area (Å²) >= 11 is 0. The number of methoxy groups -OCH3 is 2. The number of nitrogens with zero attached hydrogens (tertiary/aromatic N) is 4. The van der Waals surface area contributed by atoms with Crippen LogP contribution < -0.4 is 10.1 Å². The van der Waals surface area contributed by atoms with E-state index in [-0.39, 0.29) is 6.42 Å². The fraction of sp³-hybridized carbons (Fsp3) is 0.250. The molecule has 0 unspecified atom stereocenters. The zero-order chi connectivity index (χ0) is 15.2. The van der Waals surface area contributed by atoms with Gasteiger partial charge in [0.15, 0.2) is 0 Å². The van der Waals surface area contributed by atoms with Crippen LogP contribution in [0, 0.1) is 0 Å². The highest BCUT2D eigenvalue weighted by Gasteiger charge is 2.12. The highest BCUT2D eigenvalue weighted by molar-refractivity contribution is 6.02. The quantitative estimate of drug-likeness (QED) is 0.618. The maximum atomic E-state index is 11.6. The van der Waals surface area contributed by atoms with Gasteiger partial charge in [-0.25, -0.2) is 0 Å². The molecule has 2 aromatic rings. The molecule has 0 spiro atoms. The normalized spacial score (nSPS) is 10.0. The molecular formula is C12H13N5O4. The highest BCUT2D eigenvalue weighted by atomic mass is 16.5. The maximum absolute atomic E-state index is 11.6. The van der Waals surface area contributed by atoms with Crippen LogP contribution in [0.1, 0.15) is 6.42 Å². The van der Waals surface area contributed by atoms with Crippen LogP contribution in [0.25, 0.3) is 5.69 Å². The van der Waals surface area contributed by atoms with E-state index in [9.17, 15) is 9.59 Å². The number of hydrogen-bond acceptors (Lipinski definition) is 7. The number of carbonyl (C=O) groups excluding carboxylic acids is 2. The van der Waals surface area contributed by atoms with Crippen LogP contribution in [0.15, 0.2) is 24.5 Å². The van der Waals surface area contributed by atoms with Crippen LogP contribution in [0.5, 0.6) is 5.75 Å². The number of esters is 1. The van der Waals surface area contributed by atoms with Gasteiger partial charge in [-0.05, 0) is 28.6 Å². The van der Waals surface area contributed by atoms with Crippen LogP contribution in [-0.2, 0) is 14.3 Å².